The summed E-state index contributed by atoms with van der Waals surface area (Å²) in [5, 5.41) is 0. The predicted octanol–water partition coefficient (Wildman–Crippen LogP) is 2.36. The van der Waals surface area contributed by atoms with Gasteiger partial charge >= 0.3 is 0 Å². The second kappa shape index (κ2) is 8.08. The molecule has 0 bridgehead atoms. The lowest BCUT2D eigenvalue weighted by molar-refractivity contribution is 0.0861. The number of hydrazine groups is 1. The maximum absolute atomic E-state index is 13.9. The van der Waals surface area contributed by atoms with Gasteiger partial charge in [0.15, 0.2) is 0 Å². The van der Waals surface area contributed by atoms with Gasteiger partial charge < -0.3 is 5.73 Å². The molecule has 7 nitrogen and oxygen atoms in total. The van der Waals surface area contributed by atoms with Crippen molar-refractivity contribution in [2.75, 3.05) is 0 Å². The van der Waals surface area contributed by atoms with Crippen molar-refractivity contribution in [3.05, 3.63) is 83.3 Å². The second-order valence-corrected chi connectivity index (χ2v) is 8.16. The summed E-state index contributed by atoms with van der Waals surface area (Å²) >= 11 is 0. The van der Waals surface area contributed by atoms with Crippen molar-refractivity contribution in [3.8, 4) is 11.3 Å². The van der Waals surface area contributed by atoms with Crippen molar-refractivity contribution in [2.24, 2.45) is 11.6 Å². The molecule has 0 aliphatic carbocycles. The Morgan fingerprint density at radius 3 is 2.55 bits per heavy atom. The summed E-state index contributed by atoms with van der Waals surface area (Å²) < 4.78 is 39.2. The van der Waals surface area contributed by atoms with Crippen LogP contribution in [-0.2, 0) is 16.6 Å². The van der Waals surface area contributed by atoms with E-state index in [9.17, 15) is 17.6 Å². The molecule has 0 unspecified atom stereocenters. The van der Waals surface area contributed by atoms with Gasteiger partial charge in [0.2, 0.25) is 0 Å². The minimum atomic E-state index is -4.56. The number of pyridine rings is 1. The SMILES string of the molecule is Cc1cc(C(=O)N(N)S(=O)(=O)c2ccccc2F)cc(-c2cc(CN)ccn2)c1. The Morgan fingerprint density at radius 2 is 1.86 bits per heavy atom. The number of nitrogens with two attached hydrogens (primary N) is 2. The molecule has 0 saturated carbocycles. The van der Waals surface area contributed by atoms with Crippen LogP contribution in [-0.4, -0.2) is 23.7 Å². The predicted molar refractivity (Wildman–Crippen MR) is 106 cm³/mol. The molecule has 3 rings (SSSR count). The highest BCUT2D eigenvalue weighted by Gasteiger charge is 2.30. The van der Waals surface area contributed by atoms with E-state index in [-0.39, 0.29) is 9.98 Å². The van der Waals surface area contributed by atoms with Gasteiger partial charge in [0.1, 0.15) is 10.7 Å². The van der Waals surface area contributed by atoms with Gasteiger partial charge in [-0.1, -0.05) is 12.1 Å². The number of hydrogen-bond donors (Lipinski definition) is 2. The van der Waals surface area contributed by atoms with Gasteiger partial charge in [-0.05, 0) is 60.5 Å². The largest absolute Gasteiger partial charge is 0.326 e. The summed E-state index contributed by atoms with van der Waals surface area (Å²) in [6, 6.07) is 13.0. The highest BCUT2D eigenvalue weighted by Crippen LogP contribution is 2.24. The van der Waals surface area contributed by atoms with Crippen LogP contribution in [0.25, 0.3) is 11.3 Å². The van der Waals surface area contributed by atoms with Crippen LogP contribution in [0.1, 0.15) is 21.5 Å². The first-order valence-corrected chi connectivity index (χ1v) is 10.0. The molecule has 1 heterocycles. The first-order valence-electron chi connectivity index (χ1n) is 8.60. The molecule has 1 amide bonds. The van der Waals surface area contributed by atoms with E-state index in [0.717, 1.165) is 17.7 Å². The summed E-state index contributed by atoms with van der Waals surface area (Å²) in [6.07, 6.45) is 1.60. The normalized spacial score (nSPS) is 11.3. The summed E-state index contributed by atoms with van der Waals surface area (Å²) in [4.78, 5) is 16.4. The van der Waals surface area contributed by atoms with E-state index in [2.05, 4.69) is 4.98 Å². The van der Waals surface area contributed by atoms with Crippen molar-refractivity contribution < 1.29 is 17.6 Å². The fourth-order valence-corrected chi connectivity index (χ4v) is 3.91. The maximum atomic E-state index is 13.9. The van der Waals surface area contributed by atoms with Crippen LogP contribution in [0.5, 0.6) is 0 Å². The zero-order chi connectivity index (χ0) is 21.2. The van der Waals surface area contributed by atoms with Gasteiger partial charge in [-0.15, -0.1) is 0 Å². The van der Waals surface area contributed by atoms with E-state index in [1.165, 1.54) is 24.3 Å². The molecule has 0 fully saturated rings. The van der Waals surface area contributed by atoms with Crippen molar-refractivity contribution in [1.29, 1.82) is 0 Å². The zero-order valence-electron chi connectivity index (χ0n) is 15.5. The van der Waals surface area contributed by atoms with Gasteiger partial charge in [-0.2, -0.15) is 12.8 Å². The number of amides is 1. The Balaban J connectivity index is 2.01. The van der Waals surface area contributed by atoms with Crippen LogP contribution < -0.4 is 11.6 Å². The fraction of sp³-hybridized carbons (Fsp3) is 0.100. The zero-order valence-corrected chi connectivity index (χ0v) is 16.4. The van der Waals surface area contributed by atoms with E-state index in [0.29, 0.717) is 23.4 Å². The molecule has 4 N–H and O–H groups in total. The van der Waals surface area contributed by atoms with Crippen molar-refractivity contribution >= 4 is 15.9 Å². The monoisotopic (exact) mass is 414 g/mol. The summed E-state index contributed by atoms with van der Waals surface area (Å²) in [5.41, 5.74) is 8.41. The van der Waals surface area contributed by atoms with Crippen LogP contribution in [0.4, 0.5) is 4.39 Å². The van der Waals surface area contributed by atoms with Gasteiger partial charge in [0.05, 0.1) is 5.69 Å². The molecule has 0 aliphatic heterocycles. The molecular weight excluding hydrogens is 395 g/mol. The Labute approximate surface area is 167 Å². The van der Waals surface area contributed by atoms with Crippen LogP contribution in [0.3, 0.4) is 0 Å². The molecule has 3 aromatic rings. The van der Waals surface area contributed by atoms with Gasteiger partial charge in [0.25, 0.3) is 15.9 Å². The number of carbonyl (C=O) groups excluding carboxylic acids is 1. The van der Waals surface area contributed by atoms with Crippen LogP contribution in [0, 0.1) is 12.7 Å². The number of nitrogens with zero attached hydrogens (tertiary/aromatic N) is 2. The minimum absolute atomic E-state index is 0.0300. The van der Waals surface area contributed by atoms with E-state index in [1.54, 1.807) is 31.3 Å². The molecule has 29 heavy (non-hydrogen) atoms. The quantitative estimate of drug-likeness (QED) is 0.376. The van der Waals surface area contributed by atoms with Crippen LogP contribution in [0.15, 0.2) is 65.7 Å². The number of benzene rings is 2. The third kappa shape index (κ3) is 4.16. The number of rotatable bonds is 5. The second-order valence-electron chi connectivity index (χ2n) is 6.38. The van der Waals surface area contributed by atoms with E-state index in [4.69, 9.17) is 11.6 Å². The standard InChI is InChI=1S/C20H19FN4O3S/c1-13-8-15(18-10-14(12-22)6-7-24-18)11-16(9-13)20(26)25(23)29(27,28)19-5-3-2-4-17(19)21/h2-11H,12,22-23H2,1H3. The van der Waals surface area contributed by atoms with Crippen molar-refractivity contribution in [1.82, 2.24) is 9.40 Å². The molecule has 1 aromatic heterocycles. The third-order valence-corrected chi connectivity index (χ3v) is 5.82. The van der Waals surface area contributed by atoms with E-state index >= 15 is 0 Å². The Kier molecular flexibility index (Phi) is 5.73. The Bertz CT molecular complexity index is 1180. The highest BCUT2D eigenvalue weighted by atomic mass is 32.2. The number of hydrogen-bond acceptors (Lipinski definition) is 6. The summed E-state index contributed by atoms with van der Waals surface area (Å²) in [6.45, 7) is 2.07. The molecule has 150 valence electrons. The third-order valence-electron chi connectivity index (χ3n) is 4.25. The Hall–Kier alpha value is -3.14. The lowest BCUT2D eigenvalue weighted by Crippen LogP contribution is -2.42. The smallest absolute Gasteiger partial charge is 0.283 e. The van der Waals surface area contributed by atoms with Crippen LogP contribution >= 0.6 is 0 Å². The number of carbonyl (C=O) groups is 1. The van der Waals surface area contributed by atoms with E-state index in [1.807, 2.05) is 0 Å². The maximum Gasteiger partial charge on any atom is 0.283 e. The minimum Gasteiger partial charge on any atom is -0.326 e. The summed E-state index contributed by atoms with van der Waals surface area (Å²) in [5.74, 6) is 3.62. The van der Waals surface area contributed by atoms with Crippen LogP contribution in [0.2, 0.25) is 0 Å². The van der Waals surface area contributed by atoms with Crippen molar-refractivity contribution in [3.63, 3.8) is 0 Å². The summed E-state index contributed by atoms with van der Waals surface area (Å²) in [7, 11) is -4.56. The Morgan fingerprint density at radius 1 is 1.14 bits per heavy atom. The molecular formula is C20H19FN4O3S. The lowest BCUT2D eigenvalue weighted by Gasteiger charge is -2.18. The molecule has 2 aromatic carbocycles. The van der Waals surface area contributed by atoms with Gasteiger partial charge in [-0.3, -0.25) is 9.78 Å². The average Bonchev–Trinajstić information content (AvgIpc) is 2.72. The average molecular weight is 414 g/mol. The highest BCUT2D eigenvalue weighted by molar-refractivity contribution is 7.89. The van der Waals surface area contributed by atoms with Gasteiger partial charge in [-0.25, -0.2) is 10.2 Å². The number of aryl methyl sites for hydroxylation is 1. The number of sulfonamides is 1. The lowest BCUT2D eigenvalue weighted by atomic mass is 10.0. The molecule has 0 spiro atoms. The van der Waals surface area contributed by atoms with E-state index < -0.39 is 26.6 Å². The van der Waals surface area contributed by atoms with Gasteiger partial charge in [0, 0.05) is 23.9 Å². The van der Waals surface area contributed by atoms with Crippen molar-refractivity contribution in [2.45, 2.75) is 18.4 Å². The fourth-order valence-electron chi connectivity index (χ4n) is 2.81. The molecule has 0 saturated heterocycles. The topological polar surface area (TPSA) is 119 Å². The number of aromatic nitrogens is 1. The molecule has 9 heteroatoms. The molecule has 0 aliphatic rings. The molecule has 0 atom stereocenters. The number of halogens is 1. The molecule has 0 radical (unpaired) electrons. The first kappa shape index (κ1) is 20.6. The first-order chi connectivity index (χ1) is 13.7.